The standard InChI is InChI=1S/C20H25FN4O3/c1-3-25-17(11-18(26)23(2)20(25)28)24-10-4-5-15(13-24)19(27)22-12-14-6-8-16(21)9-7-14/h6-9,11,15H,3-5,10,12-13H2,1-2H3,(H,22,27)/t15-/m1/s1. The minimum Gasteiger partial charge on any atom is -0.357 e. The van der Waals surface area contributed by atoms with Gasteiger partial charge in [-0.3, -0.25) is 18.7 Å². The van der Waals surface area contributed by atoms with E-state index in [1.54, 1.807) is 16.7 Å². The molecule has 1 aliphatic heterocycles. The Hall–Kier alpha value is -2.90. The quantitative estimate of drug-likeness (QED) is 0.836. The number of aromatic nitrogens is 2. The predicted molar refractivity (Wildman–Crippen MR) is 105 cm³/mol. The van der Waals surface area contributed by atoms with Gasteiger partial charge < -0.3 is 10.2 Å². The lowest BCUT2D eigenvalue weighted by atomic mass is 9.97. The number of amides is 1. The normalized spacial score (nSPS) is 16.8. The topological polar surface area (TPSA) is 76.3 Å². The Kier molecular flexibility index (Phi) is 5.96. The van der Waals surface area contributed by atoms with Gasteiger partial charge in [-0.05, 0) is 37.5 Å². The number of nitrogens with zero attached hydrogens (tertiary/aromatic N) is 3. The lowest BCUT2D eigenvalue weighted by Crippen LogP contribution is -2.47. The molecule has 3 rings (SSSR count). The number of hydrogen-bond acceptors (Lipinski definition) is 4. The highest BCUT2D eigenvalue weighted by Crippen LogP contribution is 2.22. The van der Waals surface area contributed by atoms with Crippen LogP contribution in [0.25, 0.3) is 0 Å². The molecular formula is C20H25FN4O3. The second-order valence-corrected chi connectivity index (χ2v) is 7.06. The maximum atomic E-state index is 13.0. The molecule has 1 aromatic carbocycles. The van der Waals surface area contributed by atoms with Crippen molar-refractivity contribution < 1.29 is 9.18 Å². The van der Waals surface area contributed by atoms with Crippen LogP contribution in [0.3, 0.4) is 0 Å². The van der Waals surface area contributed by atoms with E-state index in [1.807, 2.05) is 11.8 Å². The largest absolute Gasteiger partial charge is 0.357 e. The number of halogens is 1. The Bertz CT molecular complexity index is 965. The summed E-state index contributed by atoms with van der Waals surface area (Å²) in [5, 5.41) is 2.90. The summed E-state index contributed by atoms with van der Waals surface area (Å²) in [6, 6.07) is 7.47. The van der Waals surface area contributed by atoms with Crippen molar-refractivity contribution >= 4 is 11.7 Å². The Morgan fingerprint density at radius 2 is 1.96 bits per heavy atom. The molecule has 7 nitrogen and oxygen atoms in total. The van der Waals surface area contributed by atoms with Gasteiger partial charge in [-0.15, -0.1) is 0 Å². The summed E-state index contributed by atoms with van der Waals surface area (Å²) in [5.41, 5.74) is 0.120. The molecule has 1 amide bonds. The van der Waals surface area contributed by atoms with Crippen LogP contribution < -0.4 is 21.5 Å². The van der Waals surface area contributed by atoms with E-state index in [1.165, 1.54) is 25.2 Å². The summed E-state index contributed by atoms with van der Waals surface area (Å²) in [5.74, 6) is -0.0671. The zero-order valence-corrected chi connectivity index (χ0v) is 16.2. The highest BCUT2D eigenvalue weighted by molar-refractivity contribution is 5.79. The molecular weight excluding hydrogens is 363 g/mol. The highest BCUT2D eigenvalue weighted by atomic mass is 19.1. The maximum absolute atomic E-state index is 13.0. The number of piperidine rings is 1. The SMILES string of the molecule is CCn1c(N2CCC[C@@H](C(=O)NCc3ccc(F)cc3)C2)cc(=O)n(C)c1=O. The van der Waals surface area contributed by atoms with Gasteiger partial charge in [0.2, 0.25) is 5.91 Å². The molecule has 1 saturated heterocycles. The minimum absolute atomic E-state index is 0.0803. The van der Waals surface area contributed by atoms with Crippen LogP contribution in [0.4, 0.5) is 10.2 Å². The molecule has 0 bridgehead atoms. The molecule has 0 spiro atoms. The van der Waals surface area contributed by atoms with Crippen LogP contribution in [0.15, 0.2) is 39.9 Å². The van der Waals surface area contributed by atoms with Crippen molar-refractivity contribution in [1.82, 2.24) is 14.5 Å². The fourth-order valence-corrected chi connectivity index (χ4v) is 3.55. The number of nitrogens with one attached hydrogen (secondary N) is 1. The summed E-state index contributed by atoms with van der Waals surface area (Å²) >= 11 is 0. The average Bonchev–Trinajstić information content (AvgIpc) is 2.71. The molecule has 1 aliphatic rings. The molecule has 2 aromatic rings. The first-order chi connectivity index (χ1) is 13.4. The molecule has 0 saturated carbocycles. The Morgan fingerprint density at radius 1 is 1.25 bits per heavy atom. The van der Waals surface area contributed by atoms with Crippen molar-refractivity contribution in [3.63, 3.8) is 0 Å². The zero-order valence-electron chi connectivity index (χ0n) is 16.2. The first-order valence-electron chi connectivity index (χ1n) is 9.48. The monoisotopic (exact) mass is 388 g/mol. The fourth-order valence-electron chi connectivity index (χ4n) is 3.55. The molecule has 28 heavy (non-hydrogen) atoms. The summed E-state index contributed by atoms with van der Waals surface area (Å²) in [6.07, 6.45) is 1.54. The van der Waals surface area contributed by atoms with Gasteiger partial charge in [-0.2, -0.15) is 0 Å². The molecule has 0 unspecified atom stereocenters. The van der Waals surface area contributed by atoms with Gasteiger partial charge in [0.1, 0.15) is 11.6 Å². The molecule has 8 heteroatoms. The molecule has 1 atom stereocenters. The maximum Gasteiger partial charge on any atom is 0.332 e. The van der Waals surface area contributed by atoms with Crippen molar-refractivity contribution in [1.29, 1.82) is 0 Å². The van der Waals surface area contributed by atoms with Gasteiger partial charge in [0.05, 0.1) is 5.92 Å². The van der Waals surface area contributed by atoms with Crippen LogP contribution in [-0.4, -0.2) is 28.1 Å². The molecule has 0 radical (unpaired) electrons. The van der Waals surface area contributed by atoms with E-state index in [2.05, 4.69) is 5.32 Å². The van der Waals surface area contributed by atoms with Gasteiger partial charge in [-0.25, -0.2) is 9.18 Å². The molecule has 150 valence electrons. The molecule has 1 fully saturated rings. The van der Waals surface area contributed by atoms with Crippen LogP contribution in [0.2, 0.25) is 0 Å². The Labute approximate surface area is 162 Å². The Morgan fingerprint density at radius 3 is 2.64 bits per heavy atom. The van der Waals surface area contributed by atoms with Crippen LogP contribution in [0.1, 0.15) is 25.3 Å². The number of rotatable bonds is 5. The molecule has 1 aromatic heterocycles. The van der Waals surface area contributed by atoms with Crippen molar-refractivity contribution in [3.8, 4) is 0 Å². The minimum atomic E-state index is -0.354. The Balaban J connectivity index is 1.72. The van der Waals surface area contributed by atoms with E-state index in [-0.39, 0.29) is 28.9 Å². The number of carbonyl (C=O) groups excluding carboxylic acids is 1. The smallest absolute Gasteiger partial charge is 0.332 e. The van der Waals surface area contributed by atoms with Gasteiger partial charge in [0, 0.05) is 39.3 Å². The second-order valence-electron chi connectivity index (χ2n) is 7.06. The van der Waals surface area contributed by atoms with Crippen molar-refractivity contribution in [2.45, 2.75) is 32.9 Å². The summed E-state index contributed by atoms with van der Waals surface area (Å²) in [6.45, 7) is 3.77. The third-order valence-electron chi connectivity index (χ3n) is 5.19. The van der Waals surface area contributed by atoms with E-state index in [9.17, 15) is 18.8 Å². The number of carbonyl (C=O) groups is 1. The van der Waals surface area contributed by atoms with E-state index in [0.29, 0.717) is 32.0 Å². The van der Waals surface area contributed by atoms with Gasteiger partial charge in [0.25, 0.3) is 5.56 Å². The van der Waals surface area contributed by atoms with Gasteiger partial charge >= 0.3 is 5.69 Å². The van der Waals surface area contributed by atoms with Crippen LogP contribution >= 0.6 is 0 Å². The lowest BCUT2D eigenvalue weighted by molar-refractivity contribution is -0.125. The van der Waals surface area contributed by atoms with E-state index in [4.69, 9.17) is 0 Å². The lowest BCUT2D eigenvalue weighted by Gasteiger charge is -2.34. The highest BCUT2D eigenvalue weighted by Gasteiger charge is 2.27. The van der Waals surface area contributed by atoms with E-state index >= 15 is 0 Å². The second kappa shape index (κ2) is 8.41. The van der Waals surface area contributed by atoms with Gasteiger partial charge in [0.15, 0.2) is 0 Å². The third kappa shape index (κ3) is 4.16. The summed E-state index contributed by atoms with van der Waals surface area (Å²) < 4.78 is 15.6. The summed E-state index contributed by atoms with van der Waals surface area (Å²) in [4.78, 5) is 39.0. The predicted octanol–water partition coefficient (Wildman–Crippen LogP) is 1.24. The average molecular weight is 388 g/mol. The van der Waals surface area contributed by atoms with Crippen LogP contribution in [0, 0.1) is 11.7 Å². The van der Waals surface area contributed by atoms with Crippen molar-refractivity contribution in [2.75, 3.05) is 18.0 Å². The fraction of sp³-hybridized carbons (Fsp3) is 0.450. The van der Waals surface area contributed by atoms with E-state index < -0.39 is 0 Å². The van der Waals surface area contributed by atoms with Crippen molar-refractivity contribution in [3.05, 3.63) is 62.6 Å². The van der Waals surface area contributed by atoms with Gasteiger partial charge in [-0.1, -0.05) is 12.1 Å². The zero-order chi connectivity index (χ0) is 20.3. The number of benzene rings is 1. The van der Waals surface area contributed by atoms with E-state index in [0.717, 1.165) is 23.0 Å². The first-order valence-corrected chi connectivity index (χ1v) is 9.48. The molecule has 2 heterocycles. The summed E-state index contributed by atoms with van der Waals surface area (Å²) in [7, 11) is 1.46. The first kappa shape index (κ1) is 19.9. The number of hydrogen-bond donors (Lipinski definition) is 1. The third-order valence-corrected chi connectivity index (χ3v) is 5.19. The van der Waals surface area contributed by atoms with Crippen molar-refractivity contribution in [2.24, 2.45) is 13.0 Å². The van der Waals surface area contributed by atoms with Crippen LogP contribution in [0.5, 0.6) is 0 Å². The van der Waals surface area contributed by atoms with Crippen LogP contribution in [-0.2, 0) is 24.9 Å². The number of anilines is 1. The molecule has 1 N–H and O–H groups in total. The molecule has 0 aliphatic carbocycles.